The highest BCUT2D eigenvalue weighted by Crippen LogP contribution is 2.30. The van der Waals surface area contributed by atoms with Gasteiger partial charge in [0.05, 0.1) is 0 Å². The van der Waals surface area contributed by atoms with Crippen LogP contribution in [0.3, 0.4) is 0 Å². The van der Waals surface area contributed by atoms with E-state index in [9.17, 15) is 0 Å². The van der Waals surface area contributed by atoms with Gasteiger partial charge in [-0.1, -0.05) is 28.1 Å². The summed E-state index contributed by atoms with van der Waals surface area (Å²) in [6.45, 7) is 0. The second-order valence-electron chi connectivity index (χ2n) is 4.76. The van der Waals surface area contributed by atoms with Gasteiger partial charge in [0.1, 0.15) is 0 Å². The van der Waals surface area contributed by atoms with E-state index < -0.39 is 0 Å². The summed E-state index contributed by atoms with van der Waals surface area (Å²) in [4.78, 5) is 0. The first kappa shape index (κ1) is 9.86. The standard InChI is InChI=1S/C13H16BrN/c14-13-3-1-2-9-4-5-11(8-12(9)13)15-10-6-7-10/h1-3,10-11,15H,4-8H2. The Morgan fingerprint density at radius 3 is 2.80 bits per heavy atom. The van der Waals surface area contributed by atoms with Crippen LogP contribution in [-0.4, -0.2) is 12.1 Å². The van der Waals surface area contributed by atoms with Gasteiger partial charge in [-0.2, -0.15) is 0 Å². The molecule has 2 heteroatoms. The Hall–Kier alpha value is -0.340. The van der Waals surface area contributed by atoms with E-state index in [-0.39, 0.29) is 0 Å². The summed E-state index contributed by atoms with van der Waals surface area (Å²) in [5, 5.41) is 3.74. The fourth-order valence-electron chi connectivity index (χ4n) is 2.47. The third kappa shape index (κ3) is 2.11. The number of hydrogen-bond donors (Lipinski definition) is 1. The molecule has 0 amide bonds. The summed E-state index contributed by atoms with van der Waals surface area (Å²) in [7, 11) is 0. The quantitative estimate of drug-likeness (QED) is 0.867. The van der Waals surface area contributed by atoms with Crippen LogP contribution >= 0.6 is 15.9 Å². The van der Waals surface area contributed by atoms with Gasteiger partial charge in [-0.25, -0.2) is 0 Å². The molecule has 80 valence electrons. The summed E-state index contributed by atoms with van der Waals surface area (Å²) in [5.74, 6) is 0. The maximum atomic E-state index is 3.74. The van der Waals surface area contributed by atoms with Crippen LogP contribution in [0.15, 0.2) is 22.7 Å². The van der Waals surface area contributed by atoms with Gasteiger partial charge in [0.2, 0.25) is 0 Å². The van der Waals surface area contributed by atoms with E-state index in [0.29, 0.717) is 6.04 Å². The third-order valence-corrected chi connectivity index (χ3v) is 4.22. The molecular formula is C13H16BrN. The smallest absolute Gasteiger partial charge is 0.0210 e. The summed E-state index contributed by atoms with van der Waals surface area (Å²) in [6, 6.07) is 8.13. The van der Waals surface area contributed by atoms with Crippen molar-refractivity contribution in [3.63, 3.8) is 0 Å². The molecule has 1 aromatic carbocycles. The molecule has 3 rings (SSSR count). The number of halogens is 1. The number of benzene rings is 1. The van der Waals surface area contributed by atoms with Crippen LogP contribution in [0.2, 0.25) is 0 Å². The highest BCUT2D eigenvalue weighted by atomic mass is 79.9. The van der Waals surface area contributed by atoms with Crippen LogP contribution in [-0.2, 0) is 12.8 Å². The zero-order valence-electron chi connectivity index (χ0n) is 8.80. The van der Waals surface area contributed by atoms with E-state index in [1.165, 1.54) is 42.1 Å². The molecule has 1 fully saturated rings. The van der Waals surface area contributed by atoms with Crippen molar-refractivity contribution in [1.82, 2.24) is 5.32 Å². The number of rotatable bonds is 2. The molecular weight excluding hydrogens is 250 g/mol. The molecule has 0 bridgehead atoms. The molecule has 0 aliphatic heterocycles. The topological polar surface area (TPSA) is 12.0 Å². The minimum atomic E-state index is 0.712. The van der Waals surface area contributed by atoms with Crippen molar-refractivity contribution in [2.24, 2.45) is 0 Å². The van der Waals surface area contributed by atoms with Crippen molar-refractivity contribution in [1.29, 1.82) is 0 Å². The Kier molecular flexibility index (Phi) is 2.57. The second kappa shape index (κ2) is 3.91. The average Bonchev–Trinajstić information content (AvgIpc) is 3.03. The molecule has 0 aromatic heterocycles. The SMILES string of the molecule is Brc1cccc2c1CC(NC1CC1)CC2. The lowest BCUT2D eigenvalue weighted by Crippen LogP contribution is -2.36. The first-order chi connectivity index (χ1) is 7.33. The van der Waals surface area contributed by atoms with Crippen molar-refractivity contribution in [3.8, 4) is 0 Å². The van der Waals surface area contributed by atoms with Gasteiger partial charge in [0.15, 0.2) is 0 Å². The fraction of sp³-hybridized carbons (Fsp3) is 0.538. The number of hydrogen-bond acceptors (Lipinski definition) is 1. The molecule has 0 spiro atoms. The van der Waals surface area contributed by atoms with Crippen LogP contribution in [0, 0.1) is 0 Å². The Morgan fingerprint density at radius 1 is 1.13 bits per heavy atom. The first-order valence-corrected chi connectivity index (χ1v) is 6.64. The molecule has 1 atom stereocenters. The van der Waals surface area contributed by atoms with Crippen molar-refractivity contribution in [2.45, 2.75) is 44.2 Å². The van der Waals surface area contributed by atoms with Crippen molar-refractivity contribution in [3.05, 3.63) is 33.8 Å². The van der Waals surface area contributed by atoms with Crippen molar-refractivity contribution >= 4 is 15.9 Å². The predicted molar refractivity (Wildman–Crippen MR) is 66.1 cm³/mol. The number of nitrogens with one attached hydrogen (secondary N) is 1. The Morgan fingerprint density at radius 2 is 2.00 bits per heavy atom. The van der Waals surface area contributed by atoms with Gasteiger partial charge < -0.3 is 5.32 Å². The molecule has 1 N–H and O–H groups in total. The average molecular weight is 266 g/mol. The van der Waals surface area contributed by atoms with Crippen LogP contribution < -0.4 is 5.32 Å². The summed E-state index contributed by atoms with van der Waals surface area (Å²) >= 11 is 3.66. The molecule has 1 saturated carbocycles. The third-order valence-electron chi connectivity index (χ3n) is 3.48. The summed E-state index contributed by atoms with van der Waals surface area (Å²) in [5.41, 5.74) is 3.07. The largest absolute Gasteiger partial charge is 0.311 e. The summed E-state index contributed by atoms with van der Waals surface area (Å²) < 4.78 is 1.29. The maximum Gasteiger partial charge on any atom is 0.0210 e. The van der Waals surface area contributed by atoms with Gasteiger partial charge in [0.25, 0.3) is 0 Å². The van der Waals surface area contributed by atoms with E-state index in [1.54, 1.807) is 5.56 Å². The zero-order chi connectivity index (χ0) is 10.3. The number of fused-ring (bicyclic) bond motifs is 1. The molecule has 1 nitrogen and oxygen atoms in total. The molecule has 1 aromatic rings. The van der Waals surface area contributed by atoms with Crippen LogP contribution in [0.5, 0.6) is 0 Å². The monoisotopic (exact) mass is 265 g/mol. The molecule has 0 saturated heterocycles. The minimum absolute atomic E-state index is 0.712. The van der Waals surface area contributed by atoms with E-state index in [1.807, 2.05) is 0 Å². The van der Waals surface area contributed by atoms with Gasteiger partial charge in [0, 0.05) is 16.6 Å². The lowest BCUT2D eigenvalue weighted by molar-refractivity contribution is 0.455. The molecule has 0 radical (unpaired) electrons. The van der Waals surface area contributed by atoms with Gasteiger partial charge >= 0.3 is 0 Å². The van der Waals surface area contributed by atoms with E-state index >= 15 is 0 Å². The Labute approximate surface area is 99.4 Å². The van der Waals surface area contributed by atoms with E-state index in [4.69, 9.17) is 0 Å². The molecule has 15 heavy (non-hydrogen) atoms. The molecule has 1 unspecified atom stereocenters. The first-order valence-electron chi connectivity index (χ1n) is 5.85. The maximum absolute atomic E-state index is 3.74. The summed E-state index contributed by atoms with van der Waals surface area (Å²) in [6.07, 6.45) is 6.52. The predicted octanol–water partition coefficient (Wildman–Crippen LogP) is 3.06. The van der Waals surface area contributed by atoms with Crippen molar-refractivity contribution in [2.75, 3.05) is 0 Å². The zero-order valence-corrected chi connectivity index (χ0v) is 10.4. The van der Waals surface area contributed by atoms with Gasteiger partial charge in [-0.05, 0) is 49.3 Å². The van der Waals surface area contributed by atoms with Crippen LogP contribution in [0.1, 0.15) is 30.4 Å². The normalized spacial score (nSPS) is 25.0. The van der Waals surface area contributed by atoms with Crippen LogP contribution in [0.25, 0.3) is 0 Å². The van der Waals surface area contributed by atoms with E-state index in [2.05, 4.69) is 39.4 Å². The Balaban J connectivity index is 1.78. The minimum Gasteiger partial charge on any atom is -0.311 e. The highest BCUT2D eigenvalue weighted by molar-refractivity contribution is 9.10. The van der Waals surface area contributed by atoms with Gasteiger partial charge in [-0.15, -0.1) is 0 Å². The molecule has 2 aliphatic rings. The lowest BCUT2D eigenvalue weighted by atomic mass is 9.88. The fourth-order valence-corrected chi connectivity index (χ4v) is 3.04. The Bertz CT molecular complexity index is 371. The molecule has 2 aliphatic carbocycles. The van der Waals surface area contributed by atoms with Crippen molar-refractivity contribution < 1.29 is 0 Å². The number of aryl methyl sites for hydroxylation is 1. The second-order valence-corrected chi connectivity index (χ2v) is 5.61. The lowest BCUT2D eigenvalue weighted by Gasteiger charge is -2.26. The van der Waals surface area contributed by atoms with Crippen LogP contribution in [0.4, 0.5) is 0 Å². The highest BCUT2D eigenvalue weighted by Gasteiger charge is 2.27. The van der Waals surface area contributed by atoms with Gasteiger partial charge in [-0.3, -0.25) is 0 Å². The molecule has 0 heterocycles. The van der Waals surface area contributed by atoms with E-state index in [0.717, 1.165) is 6.04 Å².